The molecule has 37 heavy (non-hydrogen) atoms. The monoisotopic (exact) mass is 527 g/mol. The van der Waals surface area contributed by atoms with Crippen LogP contribution in [0.4, 0.5) is 14.5 Å². The van der Waals surface area contributed by atoms with Crippen molar-refractivity contribution >= 4 is 35.0 Å². The molecule has 192 valence electrons. The van der Waals surface area contributed by atoms with Crippen LogP contribution < -0.4 is 15.4 Å². The lowest BCUT2D eigenvalue weighted by Gasteiger charge is -2.29. The van der Waals surface area contributed by atoms with Gasteiger partial charge in [0.2, 0.25) is 5.91 Å². The minimum Gasteiger partial charge on any atom is -0.472 e. The first-order valence-electron chi connectivity index (χ1n) is 11.5. The van der Waals surface area contributed by atoms with Gasteiger partial charge in [-0.25, -0.2) is 8.78 Å². The first-order chi connectivity index (χ1) is 17.6. The highest BCUT2D eigenvalue weighted by Crippen LogP contribution is 2.30. The standard InChI is InChI=1S/C27H24ClF2N3O4/c1-15(2)25(34)31-12-16-3-6-22(28)20(9-16)26(35)32-19-5-8-24-21(11-19)27(36)33(14-37-24)13-17-10-18(29)4-7-23(17)30/h3-11,15H,12-14H2,1-2H3,(H,31,34)(H,32,35). The minimum atomic E-state index is -0.635. The van der Waals surface area contributed by atoms with E-state index in [9.17, 15) is 23.2 Å². The van der Waals surface area contributed by atoms with Gasteiger partial charge in [0.1, 0.15) is 17.4 Å². The number of ether oxygens (including phenoxy) is 1. The third-order valence-corrected chi connectivity index (χ3v) is 6.10. The average molecular weight is 528 g/mol. The van der Waals surface area contributed by atoms with Crippen molar-refractivity contribution in [2.24, 2.45) is 5.92 Å². The minimum absolute atomic E-state index is 0.0176. The highest BCUT2D eigenvalue weighted by Gasteiger charge is 2.27. The molecule has 0 saturated heterocycles. The molecule has 1 aliphatic heterocycles. The maximum absolute atomic E-state index is 14.1. The Morgan fingerprint density at radius 2 is 1.86 bits per heavy atom. The maximum Gasteiger partial charge on any atom is 0.260 e. The quantitative estimate of drug-likeness (QED) is 0.445. The fourth-order valence-corrected chi connectivity index (χ4v) is 3.92. The predicted molar refractivity (Wildman–Crippen MR) is 134 cm³/mol. The molecule has 0 radical (unpaired) electrons. The molecule has 3 aromatic rings. The van der Waals surface area contributed by atoms with E-state index < -0.39 is 23.4 Å². The van der Waals surface area contributed by atoms with Gasteiger partial charge < -0.3 is 20.3 Å². The lowest BCUT2D eigenvalue weighted by Crippen LogP contribution is -2.38. The molecule has 3 amide bonds. The number of carbonyl (C=O) groups is 3. The van der Waals surface area contributed by atoms with E-state index in [1.807, 2.05) is 0 Å². The van der Waals surface area contributed by atoms with Crippen LogP contribution in [0.25, 0.3) is 0 Å². The van der Waals surface area contributed by atoms with E-state index in [4.69, 9.17) is 16.3 Å². The first kappa shape index (κ1) is 26.1. The molecule has 0 bridgehead atoms. The molecule has 10 heteroatoms. The summed E-state index contributed by atoms with van der Waals surface area (Å²) < 4.78 is 33.2. The molecular formula is C27H24ClF2N3O4. The number of rotatable bonds is 7. The number of hydrogen-bond donors (Lipinski definition) is 2. The van der Waals surface area contributed by atoms with Crippen LogP contribution in [0.5, 0.6) is 5.75 Å². The van der Waals surface area contributed by atoms with Crippen molar-refractivity contribution in [3.05, 3.63) is 93.5 Å². The molecule has 0 aliphatic carbocycles. The normalized spacial score (nSPS) is 12.7. The predicted octanol–water partition coefficient (Wildman–Crippen LogP) is 5.14. The maximum atomic E-state index is 14.1. The van der Waals surface area contributed by atoms with Gasteiger partial charge in [0.15, 0.2) is 6.73 Å². The molecule has 2 N–H and O–H groups in total. The molecule has 3 aromatic carbocycles. The second kappa shape index (κ2) is 11.0. The van der Waals surface area contributed by atoms with Crippen LogP contribution in [0.15, 0.2) is 54.6 Å². The van der Waals surface area contributed by atoms with Gasteiger partial charge in [-0.05, 0) is 54.1 Å². The number of carbonyl (C=O) groups excluding carboxylic acids is 3. The lowest BCUT2D eigenvalue weighted by molar-refractivity contribution is -0.124. The fraction of sp³-hybridized carbons (Fsp3) is 0.222. The summed E-state index contributed by atoms with van der Waals surface area (Å²) in [7, 11) is 0. The Hall–Kier alpha value is -3.98. The van der Waals surface area contributed by atoms with Crippen LogP contribution >= 0.6 is 11.6 Å². The summed E-state index contributed by atoms with van der Waals surface area (Å²) >= 11 is 6.24. The topological polar surface area (TPSA) is 87.7 Å². The molecule has 0 unspecified atom stereocenters. The highest BCUT2D eigenvalue weighted by atomic mass is 35.5. The molecule has 1 heterocycles. The molecule has 0 saturated carbocycles. The molecule has 0 fully saturated rings. The van der Waals surface area contributed by atoms with Crippen molar-refractivity contribution in [1.29, 1.82) is 0 Å². The van der Waals surface area contributed by atoms with Crippen LogP contribution in [0, 0.1) is 17.6 Å². The zero-order valence-corrected chi connectivity index (χ0v) is 20.9. The van der Waals surface area contributed by atoms with Gasteiger partial charge in [0.25, 0.3) is 11.8 Å². The molecule has 0 atom stereocenters. The number of amides is 3. The van der Waals surface area contributed by atoms with Crippen molar-refractivity contribution in [3.63, 3.8) is 0 Å². The Morgan fingerprint density at radius 1 is 1.08 bits per heavy atom. The number of fused-ring (bicyclic) bond motifs is 1. The van der Waals surface area contributed by atoms with E-state index in [1.165, 1.54) is 11.0 Å². The number of anilines is 1. The summed E-state index contributed by atoms with van der Waals surface area (Å²) in [6.45, 7) is 3.48. The third-order valence-electron chi connectivity index (χ3n) is 5.77. The van der Waals surface area contributed by atoms with E-state index in [0.717, 1.165) is 18.2 Å². The third kappa shape index (κ3) is 6.06. The summed E-state index contributed by atoms with van der Waals surface area (Å²) in [5.41, 5.74) is 1.38. The first-order valence-corrected chi connectivity index (χ1v) is 11.9. The molecule has 0 aromatic heterocycles. The largest absolute Gasteiger partial charge is 0.472 e. The van der Waals surface area contributed by atoms with Crippen LogP contribution in [-0.4, -0.2) is 29.4 Å². The number of hydrogen-bond acceptors (Lipinski definition) is 4. The fourth-order valence-electron chi connectivity index (χ4n) is 3.71. The zero-order valence-electron chi connectivity index (χ0n) is 20.1. The summed E-state index contributed by atoms with van der Waals surface area (Å²) in [5, 5.41) is 5.72. The van der Waals surface area contributed by atoms with Gasteiger partial charge in [-0.15, -0.1) is 0 Å². The average Bonchev–Trinajstić information content (AvgIpc) is 2.87. The van der Waals surface area contributed by atoms with Crippen LogP contribution in [-0.2, 0) is 17.9 Å². The van der Waals surface area contributed by atoms with E-state index in [2.05, 4.69) is 10.6 Å². The van der Waals surface area contributed by atoms with Crippen molar-refractivity contribution in [3.8, 4) is 5.75 Å². The summed E-state index contributed by atoms with van der Waals surface area (Å²) in [5.74, 6) is -2.20. The van der Waals surface area contributed by atoms with Gasteiger partial charge in [-0.3, -0.25) is 14.4 Å². The number of nitrogens with one attached hydrogen (secondary N) is 2. The Bertz CT molecular complexity index is 1380. The summed E-state index contributed by atoms with van der Waals surface area (Å²) in [6, 6.07) is 12.5. The Balaban J connectivity index is 1.49. The highest BCUT2D eigenvalue weighted by molar-refractivity contribution is 6.34. The van der Waals surface area contributed by atoms with E-state index >= 15 is 0 Å². The number of halogens is 3. The van der Waals surface area contributed by atoms with Crippen molar-refractivity contribution < 1.29 is 27.9 Å². The number of nitrogens with zero attached hydrogens (tertiary/aromatic N) is 1. The smallest absolute Gasteiger partial charge is 0.260 e. The molecule has 0 spiro atoms. The Morgan fingerprint density at radius 3 is 2.62 bits per heavy atom. The summed E-state index contributed by atoms with van der Waals surface area (Å²) in [6.07, 6.45) is 0. The van der Waals surface area contributed by atoms with Crippen LogP contribution in [0.2, 0.25) is 5.02 Å². The van der Waals surface area contributed by atoms with Gasteiger partial charge in [0, 0.05) is 23.7 Å². The van der Waals surface area contributed by atoms with E-state index in [-0.39, 0.29) is 53.4 Å². The van der Waals surface area contributed by atoms with Crippen LogP contribution in [0.1, 0.15) is 45.7 Å². The summed E-state index contributed by atoms with van der Waals surface area (Å²) in [4.78, 5) is 39.1. The molecule has 4 rings (SSSR count). The van der Waals surface area contributed by atoms with E-state index in [1.54, 1.807) is 44.2 Å². The van der Waals surface area contributed by atoms with Crippen LogP contribution in [0.3, 0.4) is 0 Å². The van der Waals surface area contributed by atoms with Gasteiger partial charge in [0.05, 0.1) is 22.7 Å². The second-order valence-electron chi connectivity index (χ2n) is 8.86. The SMILES string of the molecule is CC(C)C(=O)NCc1ccc(Cl)c(C(=O)Nc2ccc3c(c2)C(=O)N(Cc2cc(F)ccc2F)CO3)c1. The Labute approximate surface area is 217 Å². The molecule has 7 nitrogen and oxygen atoms in total. The molecular weight excluding hydrogens is 504 g/mol. The lowest BCUT2D eigenvalue weighted by atomic mass is 10.1. The van der Waals surface area contributed by atoms with Crippen molar-refractivity contribution in [1.82, 2.24) is 10.2 Å². The Kier molecular flexibility index (Phi) is 7.73. The van der Waals surface area contributed by atoms with Gasteiger partial charge in [-0.1, -0.05) is 31.5 Å². The van der Waals surface area contributed by atoms with Gasteiger partial charge in [-0.2, -0.15) is 0 Å². The van der Waals surface area contributed by atoms with Crippen molar-refractivity contribution in [2.45, 2.75) is 26.9 Å². The number of benzene rings is 3. The molecule has 1 aliphatic rings. The van der Waals surface area contributed by atoms with Gasteiger partial charge >= 0.3 is 0 Å². The zero-order chi connectivity index (χ0) is 26.7. The van der Waals surface area contributed by atoms with E-state index in [0.29, 0.717) is 17.0 Å². The second-order valence-corrected chi connectivity index (χ2v) is 9.27. The van der Waals surface area contributed by atoms with Crippen molar-refractivity contribution in [2.75, 3.05) is 12.0 Å².